The average Bonchev–Trinajstić information content (AvgIpc) is 2.81. The molecule has 3 N–H and O–H groups in total. The van der Waals surface area contributed by atoms with E-state index < -0.39 is 0 Å². The van der Waals surface area contributed by atoms with Gasteiger partial charge in [0.15, 0.2) is 0 Å². The molecule has 1 atom stereocenters. The molecule has 0 amide bonds. The summed E-state index contributed by atoms with van der Waals surface area (Å²) in [7, 11) is 0. The van der Waals surface area contributed by atoms with Crippen LogP contribution in [-0.4, -0.2) is 15.0 Å². The highest BCUT2D eigenvalue weighted by Crippen LogP contribution is 2.12. The van der Waals surface area contributed by atoms with Gasteiger partial charge in [0.1, 0.15) is 5.69 Å². The minimum atomic E-state index is 0.0532. The van der Waals surface area contributed by atoms with Crippen LogP contribution in [0.15, 0.2) is 36.5 Å². The van der Waals surface area contributed by atoms with Gasteiger partial charge >= 0.3 is 0 Å². The van der Waals surface area contributed by atoms with E-state index in [4.69, 9.17) is 5.84 Å². The molecule has 0 radical (unpaired) electrons. The molecule has 0 aliphatic carbocycles. The fourth-order valence-electron chi connectivity index (χ4n) is 1.53. The van der Waals surface area contributed by atoms with Gasteiger partial charge in [-0.15, -0.1) is 0 Å². The van der Waals surface area contributed by atoms with Crippen LogP contribution in [-0.2, 0) is 0 Å². The molecule has 0 saturated heterocycles. The zero-order chi connectivity index (χ0) is 11.4. The fraction of sp³-hybridized carbons (Fsp3) is 0.273. The molecule has 5 nitrogen and oxygen atoms in total. The summed E-state index contributed by atoms with van der Waals surface area (Å²) < 4.78 is 0. The van der Waals surface area contributed by atoms with Crippen molar-refractivity contribution >= 4 is 0 Å². The molecule has 84 valence electrons. The van der Waals surface area contributed by atoms with Gasteiger partial charge in [-0.2, -0.15) is 15.0 Å². The van der Waals surface area contributed by atoms with Gasteiger partial charge in [-0.1, -0.05) is 25.1 Å². The Morgan fingerprint density at radius 2 is 2.12 bits per heavy atom. The Morgan fingerprint density at radius 3 is 2.75 bits per heavy atom. The Bertz CT molecular complexity index is 433. The van der Waals surface area contributed by atoms with Crippen LogP contribution in [0.25, 0.3) is 5.69 Å². The van der Waals surface area contributed by atoms with Crippen LogP contribution in [0, 0.1) is 0 Å². The third-order valence-corrected chi connectivity index (χ3v) is 2.46. The van der Waals surface area contributed by atoms with Crippen molar-refractivity contribution in [2.45, 2.75) is 19.4 Å². The van der Waals surface area contributed by atoms with Gasteiger partial charge in [-0.3, -0.25) is 11.3 Å². The zero-order valence-electron chi connectivity index (χ0n) is 9.17. The summed E-state index contributed by atoms with van der Waals surface area (Å²) in [5.41, 5.74) is 4.52. The summed E-state index contributed by atoms with van der Waals surface area (Å²) in [6.07, 6.45) is 2.62. The molecule has 16 heavy (non-hydrogen) atoms. The van der Waals surface area contributed by atoms with Crippen LogP contribution in [0.5, 0.6) is 0 Å². The third-order valence-electron chi connectivity index (χ3n) is 2.46. The lowest BCUT2D eigenvalue weighted by Gasteiger charge is -2.08. The Labute approximate surface area is 94.2 Å². The lowest BCUT2D eigenvalue weighted by Crippen LogP contribution is -2.27. The van der Waals surface area contributed by atoms with Crippen LogP contribution >= 0.6 is 0 Å². The maximum atomic E-state index is 5.44. The van der Waals surface area contributed by atoms with Crippen molar-refractivity contribution in [3.63, 3.8) is 0 Å². The van der Waals surface area contributed by atoms with Crippen molar-refractivity contribution in [1.29, 1.82) is 0 Å². The first-order valence-electron chi connectivity index (χ1n) is 5.29. The zero-order valence-corrected chi connectivity index (χ0v) is 9.17. The Kier molecular flexibility index (Phi) is 3.28. The van der Waals surface area contributed by atoms with Gasteiger partial charge in [0.05, 0.1) is 17.9 Å². The van der Waals surface area contributed by atoms with Crippen LogP contribution in [0.2, 0.25) is 0 Å². The third kappa shape index (κ3) is 2.10. The second kappa shape index (κ2) is 4.87. The van der Waals surface area contributed by atoms with Gasteiger partial charge < -0.3 is 0 Å². The number of para-hydroxylation sites is 1. The molecule has 2 aromatic rings. The largest absolute Gasteiger partial charge is 0.271 e. The average molecular weight is 217 g/mol. The van der Waals surface area contributed by atoms with Crippen LogP contribution in [0.4, 0.5) is 0 Å². The maximum Gasteiger partial charge on any atom is 0.101 e. The molecule has 1 aromatic heterocycles. The van der Waals surface area contributed by atoms with Crippen molar-refractivity contribution in [2.24, 2.45) is 5.84 Å². The molecule has 5 heteroatoms. The molecule has 0 aliphatic heterocycles. The van der Waals surface area contributed by atoms with E-state index in [0.29, 0.717) is 0 Å². The minimum absolute atomic E-state index is 0.0532. The smallest absolute Gasteiger partial charge is 0.101 e. The quantitative estimate of drug-likeness (QED) is 0.596. The van der Waals surface area contributed by atoms with Crippen molar-refractivity contribution in [2.75, 3.05) is 0 Å². The normalized spacial score (nSPS) is 12.6. The second-order valence-corrected chi connectivity index (χ2v) is 3.52. The molecule has 1 aromatic carbocycles. The summed E-state index contributed by atoms with van der Waals surface area (Å²) in [5.74, 6) is 5.44. The number of benzene rings is 1. The number of hydrazine groups is 1. The Hall–Kier alpha value is -1.72. The molecule has 1 heterocycles. The van der Waals surface area contributed by atoms with Gasteiger partial charge in [-0.25, -0.2) is 0 Å². The van der Waals surface area contributed by atoms with E-state index in [0.717, 1.165) is 17.8 Å². The van der Waals surface area contributed by atoms with E-state index in [-0.39, 0.29) is 6.04 Å². The van der Waals surface area contributed by atoms with Crippen molar-refractivity contribution < 1.29 is 0 Å². The molecule has 0 saturated carbocycles. The number of nitrogens with one attached hydrogen (secondary N) is 1. The second-order valence-electron chi connectivity index (χ2n) is 3.52. The number of hydrogen-bond donors (Lipinski definition) is 2. The van der Waals surface area contributed by atoms with E-state index in [1.807, 2.05) is 37.3 Å². The highest BCUT2D eigenvalue weighted by Gasteiger charge is 2.11. The predicted molar refractivity (Wildman–Crippen MR) is 61.7 cm³/mol. The summed E-state index contributed by atoms with van der Waals surface area (Å²) in [6, 6.07) is 9.84. The maximum absolute atomic E-state index is 5.44. The molecule has 0 spiro atoms. The lowest BCUT2D eigenvalue weighted by atomic mass is 10.2. The van der Waals surface area contributed by atoms with E-state index in [2.05, 4.69) is 15.6 Å². The van der Waals surface area contributed by atoms with Gasteiger partial charge in [0, 0.05) is 0 Å². The molecule has 0 fully saturated rings. The standard InChI is InChI=1S/C11H15N5/c1-2-10(14-12)11-8-13-16(15-11)9-6-4-3-5-7-9/h3-8,10,14H,2,12H2,1H3. The monoisotopic (exact) mass is 217 g/mol. The first-order valence-corrected chi connectivity index (χ1v) is 5.29. The van der Waals surface area contributed by atoms with Crippen LogP contribution in [0.1, 0.15) is 25.1 Å². The van der Waals surface area contributed by atoms with Crippen LogP contribution < -0.4 is 11.3 Å². The Balaban J connectivity index is 2.26. The fourth-order valence-corrected chi connectivity index (χ4v) is 1.53. The Morgan fingerprint density at radius 1 is 1.38 bits per heavy atom. The summed E-state index contributed by atoms with van der Waals surface area (Å²) in [6.45, 7) is 2.05. The first kappa shape index (κ1) is 10.8. The molecule has 0 bridgehead atoms. The number of nitrogens with two attached hydrogens (primary N) is 1. The molecule has 1 unspecified atom stereocenters. The van der Waals surface area contributed by atoms with E-state index >= 15 is 0 Å². The van der Waals surface area contributed by atoms with Crippen molar-refractivity contribution in [3.05, 3.63) is 42.2 Å². The highest BCUT2D eigenvalue weighted by molar-refractivity contribution is 5.28. The van der Waals surface area contributed by atoms with Crippen molar-refractivity contribution in [3.8, 4) is 5.69 Å². The van der Waals surface area contributed by atoms with Gasteiger partial charge in [-0.05, 0) is 18.6 Å². The highest BCUT2D eigenvalue weighted by atomic mass is 15.5. The number of aromatic nitrogens is 3. The SMILES string of the molecule is CCC(NN)c1cnn(-c2ccccc2)n1. The van der Waals surface area contributed by atoms with Gasteiger partial charge in [0.25, 0.3) is 0 Å². The molecule has 0 aliphatic rings. The molecular weight excluding hydrogens is 202 g/mol. The molecule has 2 rings (SSSR count). The van der Waals surface area contributed by atoms with Gasteiger partial charge in [0.2, 0.25) is 0 Å². The summed E-state index contributed by atoms with van der Waals surface area (Å²) >= 11 is 0. The number of rotatable bonds is 4. The number of hydrogen-bond acceptors (Lipinski definition) is 4. The van der Waals surface area contributed by atoms with E-state index in [1.165, 1.54) is 0 Å². The number of nitrogens with zero attached hydrogens (tertiary/aromatic N) is 3. The minimum Gasteiger partial charge on any atom is -0.271 e. The summed E-state index contributed by atoms with van der Waals surface area (Å²) in [5, 5.41) is 8.60. The van der Waals surface area contributed by atoms with Crippen LogP contribution in [0.3, 0.4) is 0 Å². The topological polar surface area (TPSA) is 68.8 Å². The van der Waals surface area contributed by atoms with E-state index in [1.54, 1.807) is 11.0 Å². The predicted octanol–water partition coefficient (Wildman–Crippen LogP) is 1.18. The van der Waals surface area contributed by atoms with E-state index in [9.17, 15) is 0 Å². The first-order chi connectivity index (χ1) is 7.85. The summed E-state index contributed by atoms with van der Waals surface area (Å²) in [4.78, 5) is 1.61. The van der Waals surface area contributed by atoms with Crippen molar-refractivity contribution in [1.82, 2.24) is 20.4 Å². The molecular formula is C11H15N5. The lowest BCUT2D eigenvalue weighted by molar-refractivity contribution is 0.521.